The quantitative estimate of drug-likeness (QED) is 0.825. The fourth-order valence-corrected chi connectivity index (χ4v) is 2.87. The predicted molar refractivity (Wildman–Crippen MR) is 82.9 cm³/mol. The molecule has 3 N–H and O–H groups in total. The lowest BCUT2D eigenvalue weighted by Gasteiger charge is -2.05. The molecule has 0 bridgehead atoms. The molecule has 0 atom stereocenters. The molecule has 1 aromatic carbocycles. The number of benzene rings is 1. The molecule has 23 heavy (non-hydrogen) atoms. The second-order valence-corrected chi connectivity index (χ2v) is 7.31. The lowest BCUT2D eigenvalue weighted by Crippen LogP contribution is -2.23. The molecule has 3 rings (SSSR count). The van der Waals surface area contributed by atoms with E-state index in [2.05, 4.69) is 10.5 Å². The first-order valence-electron chi connectivity index (χ1n) is 7.24. The number of carbonyl (C=O) groups excluding carboxylic acids is 1. The number of nitrogens with one attached hydrogen (secondary N) is 1. The number of hydrogen-bond acceptors (Lipinski definition) is 5. The van der Waals surface area contributed by atoms with E-state index in [0.717, 1.165) is 24.2 Å². The van der Waals surface area contributed by atoms with Gasteiger partial charge in [-0.25, -0.2) is 13.6 Å². The molecule has 1 heterocycles. The highest BCUT2D eigenvalue weighted by Gasteiger charge is 2.28. The topological polar surface area (TPSA) is 115 Å². The van der Waals surface area contributed by atoms with Gasteiger partial charge in [0.15, 0.2) is 5.69 Å². The fraction of sp³-hybridized carbons (Fsp3) is 0.333. The van der Waals surface area contributed by atoms with Gasteiger partial charge in [-0.15, -0.1) is 0 Å². The number of sulfonamides is 1. The lowest BCUT2D eigenvalue weighted by molar-refractivity contribution is 0.0941. The molecule has 8 heteroatoms. The average Bonchev–Trinajstić information content (AvgIpc) is 3.22. The molecule has 1 aliphatic carbocycles. The molecule has 2 aromatic rings. The summed E-state index contributed by atoms with van der Waals surface area (Å²) in [4.78, 5) is 12.0. The zero-order valence-electron chi connectivity index (χ0n) is 12.4. The van der Waals surface area contributed by atoms with Gasteiger partial charge in [0.1, 0.15) is 5.76 Å². The Labute approximate surface area is 133 Å². The van der Waals surface area contributed by atoms with Crippen molar-refractivity contribution in [1.29, 1.82) is 0 Å². The highest BCUT2D eigenvalue weighted by Crippen LogP contribution is 2.40. The van der Waals surface area contributed by atoms with E-state index in [0.29, 0.717) is 18.0 Å². The minimum atomic E-state index is -3.54. The van der Waals surface area contributed by atoms with Crippen LogP contribution in [0.1, 0.15) is 46.1 Å². The van der Waals surface area contributed by atoms with E-state index in [9.17, 15) is 13.2 Å². The number of amides is 1. The summed E-state index contributed by atoms with van der Waals surface area (Å²) in [5, 5.41) is 11.5. The van der Waals surface area contributed by atoms with Crippen molar-refractivity contribution in [2.75, 3.05) is 0 Å². The van der Waals surface area contributed by atoms with Crippen molar-refractivity contribution < 1.29 is 17.7 Å². The number of primary sulfonamides is 1. The van der Waals surface area contributed by atoms with E-state index in [1.807, 2.05) is 0 Å². The summed E-state index contributed by atoms with van der Waals surface area (Å²) in [5.74, 6) is 0.676. The van der Waals surface area contributed by atoms with Gasteiger partial charge in [0.05, 0.1) is 5.75 Å². The third kappa shape index (κ3) is 4.40. The van der Waals surface area contributed by atoms with Crippen molar-refractivity contribution in [3.05, 3.63) is 52.9 Å². The van der Waals surface area contributed by atoms with E-state index in [1.165, 1.54) is 0 Å². The summed E-state index contributed by atoms with van der Waals surface area (Å²) in [5.41, 5.74) is 1.73. The summed E-state index contributed by atoms with van der Waals surface area (Å²) < 4.78 is 27.2. The summed E-state index contributed by atoms with van der Waals surface area (Å²) in [7, 11) is -3.54. The second-order valence-electron chi connectivity index (χ2n) is 5.70. The first-order chi connectivity index (χ1) is 10.9. The van der Waals surface area contributed by atoms with Crippen molar-refractivity contribution in [3.8, 4) is 0 Å². The Morgan fingerprint density at radius 2 is 1.91 bits per heavy atom. The zero-order valence-corrected chi connectivity index (χ0v) is 13.2. The van der Waals surface area contributed by atoms with Crippen molar-refractivity contribution in [2.45, 2.75) is 31.1 Å². The van der Waals surface area contributed by atoms with Crippen molar-refractivity contribution in [2.24, 2.45) is 5.14 Å². The van der Waals surface area contributed by atoms with Gasteiger partial charge in [0.25, 0.3) is 5.91 Å². The van der Waals surface area contributed by atoms with Gasteiger partial charge >= 0.3 is 0 Å². The number of nitrogens with two attached hydrogens (primary N) is 1. The van der Waals surface area contributed by atoms with Crippen molar-refractivity contribution in [3.63, 3.8) is 0 Å². The fourth-order valence-electron chi connectivity index (χ4n) is 2.22. The smallest absolute Gasteiger partial charge is 0.273 e. The average molecular weight is 335 g/mol. The van der Waals surface area contributed by atoms with E-state index >= 15 is 0 Å². The molecule has 0 unspecified atom stereocenters. The Morgan fingerprint density at radius 1 is 1.26 bits per heavy atom. The monoisotopic (exact) mass is 335 g/mol. The van der Waals surface area contributed by atoms with E-state index in [4.69, 9.17) is 9.66 Å². The number of hydrogen-bond donors (Lipinski definition) is 2. The summed E-state index contributed by atoms with van der Waals surface area (Å²) in [6.45, 7) is 0.320. The van der Waals surface area contributed by atoms with Crippen LogP contribution >= 0.6 is 0 Å². The third-order valence-corrected chi connectivity index (χ3v) is 4.32. The molecule has 0 saturated heterocycles. The van der Waals surface area contributed by atoms with Crippen LogP contribution in [0.3, 0.4) is 0 Å². The Balaban J connectivity index is 1.55. The highest BCUT2D eigenvalue weighted by atomic mass is 32.2. The summed E-state index contributed by atoms with van der Waals surface area (Å²) >= 11 is 0. The van der Waals surface area contributed by atoms with Crippen LogP contribution < -0.4 is 10.5 Å². The van der Waals surface area contributed by atoms with Crippen LogP contribution in [0.4, 0.5) is 0 Å². The SMILES string of the molecule is NS(=O)(=O)Cc1ccc(CNC(=O)c2cc(C3CC3)on2)cc1. The normalized spacial score (nSPS) is 14.7. The Hall–Kier alpha value is -2.19. The van der Waals surface area contributed by atoms with Gasteiger partial charge in [0, 0.05) is 18.5 Å². The van der Waals surface area contributed by atoms with E-state index in [1.54, 1.807) is 30.3 Å². The molecule has 1 fully saturated rings. The van der Waals surface area contributed by atoms with Gasteiger partial charge in [0.2, 0.25) is 10.0 Å². The highest BCUT2D eigenvalue weighted by molar-refractivity contribution is 7.88. The van der Waals surface area contributed by atoms with Crippen LogP contribution in [0.15, 0.2) is 34.9 Å². The molecule has 0 spiro atoms. The minimum absolute atomic E-state index is 0.206. The standard InChI is InChI=1S/C15H17N3O4S/c16-23(20,21)9-11-3-1-10(2-4-11)8-17-15(19)13-7-14(22-18-13)12-5-6-12/h1-4,7,12H,5-6,8-9H2,(H,17,19)(H2,16,20,21). The number of carbonyl (C=O) groups is 1. The third-order valence-electron chi connectivity index (χ3n) is 3.58. The van der Waals surface area contributed by atoms with E-state index in [-0.39, 0.29) is 17.4 Å². The molecule has 0 radical (unpaired) electrons. The summed E-state index contributed by atoms with van der Waals surface area (Å²) in [6, 6.07) is 8.53. The van der Waals surface area contributed by atoms with E-state index < -0.39 is 10.0 Å². The lowest BCUT2D eigenvalue weighted by atomic mass is 10.1. The first kappa shape index (κ1) is 15.7. The maximum Gasteiger partial charge on any atom is 0.273 e. The van der Waals surface area contributed by atoms with Crippen LogP contribution in [0.2, 0.25) is 0 Å². The van der Waals surface area contributed by atoms with Gasteiger partial charge in [-0.1, -0.05) is 29.4 Å². The van der Waals surface area contributed by atoms with Crippen molar-refractivity contribution in [1.82, 2.24) is 10.5 Å². The molecule has 1 amide bonds. The first-order valence-corrected chi connectivity index (χ1v) is 8.95. The summed E-state index contributed by atoms with van der Waals surface area (Å²) in [6.07, 6.45) is 2.17. The molecular formula is C15H17N3O4S. The molecule has 0 aliphatic heterocycles. The van der Waals surface area contributed by atoms with Crippen molar-refractivity contribution >= 4 is 15.9 Å². The molecule has 1 aromatic heterocycles. The Bertz CT molecular complexity index is 808. The second kappa shape index (κ2) is 6.13. The minimum Gasteiger partial charge on any atom is -0.360 e. The molecule has 122 valence electrons. The molecule has 1 aliphatic rings. The van der Waals surface area contributed by atoms with Crippen LogP contribution in [0.5, 0.6) is 0 Å². The number of nitrogens with zero attached hydrogens (tertiary/aromatic N) is 1. The largest absolute Gasteiger partial charge is 0.360 e. The van der Waals surface area contributed by atoms with Crippen LogP contribution in [-0.4, -0.2) is 19.5 Å². The number of rotatable bonds is 6. The molecule has 7 nitrogen and oxygen atoms in total. The Morgan fingerprint density at radius 3 is 2.52 bits per heavy atom. The van der Waals surface area contributed by atoms with Gasteiger partial charge in [-0.2, -0.15) is 0 Å². The van der Waals surface area contributed by atoms with Crippen LogP contribution in [0, 0.1) is 0 Å². The number of aromatic nitrogens is 1. The molecular weight excluding hydrogens is 318 g/mol. The van der Waals surface area contributed by atoms with Crippen LogP contribution in [0.25, 0.3) is 0 Å². The maximum atomic E-state index is 12.0. The van der Waals surface area contributed by atoms with Gasteiger partial charge < -0.3 is 9.84 Å². The Kier molecular flexibility index (Phi) is 4.18. The van der Waals surface area contributed by atoms with Gasteiger partial charge in [-0.05, 0) is 24.0 Å². The maximum absolute atomic E-state index is 12.0. The van der Waals surface area contributed by atoms with Gasteiger partial charge in [-0.3, -0.25) is 4.79 Å². The zero-order chi connectivity index (χ0) is 16.4. The predicted octanol–water partition coefficient (Wildman–Crippen LogP) is 1.27. The molecule has 1 saturated carbocycles. The van der Waals surface area contributed by atoms with Crippen LogP contribution in [-0.2, 0) is 22.3 Å².